The maximum absolute atomic E-state index is 13.7. The number of ether oxygens (including phenoxy) is 1. The lowest BCUT2D eigenvalue weighted by molar-refractivity contribution is 0.412. The van der Waals surface area contributed by atoms with E-state index in [1.54, 1.807) is 43.9 Å². The van der Waals surface area contributed by atoms with E-state index in [0.717, 1.165) is 16.9 Å². The fourth-order valence-electron chi connectivity index (χ4n) is 2.27. The predicted octanol–water partition coefficient (Wildman–Crippen LogP) is 3.88. The SMILES string of the molecule is COc1cncc(Cc2ccc(-c3ccccc3F)nc2)c1. The maximum atomic E-state index is 13.7. The number of aromatic nitrogens is 2. The first-order chi connectivity index (χ1) is 10.8. The van der Waals surface area contributed by atoms with Gasteiger partial charge in [-0.25, -0.2) is 4.39 Å². The van der Waals surface area contributed by atoms with Crippen LogP contribution in [0.25, 0.3) is 11.3 Å². The van der Waals surface area contributed by atoms with E-state index in [1.165, 1.54) is 6.07 Å². The quantitative estimate of drug-likeness (QED) is 0.732. The molecule has 3 nitrogen and oxygen atoms in total. The first kappa shape index (κ1) is 14.2. The summed E-state index contributed by atoms with van der Waals surface area (Å²) >= 11 is 0. The molecule has 0 fully saturated rings. The standard InChI is InChI=1S/C18H15FN2O/c1-22-15-9-14(10-20-12-15)8-13-6-7-18(21-11-13)16-4-2-3-5-17(16)19/h2-7,9-12H,8H2,1H3. The summed E-state index contributed by atoms with van der Waals surface area (Å²) in [6.45, 7) is 0. The van der Waals surface area contributed by atoms with Gasteiger partial charge in [0.25, 0.3) is 0 Å². The Bertz CT molecular complexity index is 772. The number of methoxy groups -OCH3 is 1. The van der Waals surface area contributed by atoms with Crippen LogP contribution in [0.15, 0.2) is 61.1 Å². The maximum Gasteiger partial charge on any atom is 0.137 e. The molecule has 0 aliphatic rings. The minimum absolute atomic E-state index is 0.264. The average molecular weight is 294 g/mol. The Morgan fingerprint density at radius 2 is 1.86 bits per heavy atom. The van der Waals surface area contributed by atoms with Crippen LogP contribution >= 0.6 is 0 Å². The van der Waals surface area contributed by atoms with Gasteiger partial charge in [0.2, 0.25) is 0 Å². The Labute approximate surface area is 128 Å². The first-order valence-corrected chi connectivity index (χ1v) is 6.94. The molecule has 2 heterocycles. The number of hydrogen-bond donors (Lipinski definition) is 0. The second kappa shape index (κ2) is 6.35. The minimum Gasteiger partial charge on any atom is -0.495 e. The van der Waals surface area contributed by atoms with Gasteiger partial charge in [-0.05, 0) is 35.4 Å². The predicted molar refractivity (Wildman–Crippen MR) is 83.2 cm³/mol. The normalized spacial score (nSPS) is 10.5. The molecule has 2 aromatic heterocycles. The molecule has 0 atom stereocenters. The lowest BCUT2D eigenvalue weighted by Crippen LogP contribution is -1.94. The van der Waals surface area contributed by atoms with E-state index in [1.807, 2.05) is 18.2 Å². The molecule has 0 amide bonds. The Hall–Kier alpha value is -2.75. The molecule has 0 bridgehead atoms. The van der Waals surface area contributed by atoms with Gasteiger partial charge in [0, 0.05) is 24.4 Å². The Balaban J connectivity index is 1.81. The second-order valence-corrected chi connectivity index (χ2v) is 4.94. The highest BCUT2D eigenvalue weighted by Crippen LogP contribution is 2.21. The summed E-state index contributed by atoms with van der Waals surface area (Å²) in [5, 5.41) is 0. The monoisotopic (exact) mass is 294 g/mol. The van der Waals surface area contributed by atoms with Gasteiger partial charge in [-0.15, -0.1) is 0 Å². The van der Waals surface area contributed by atoms with Crippen LogP contribution in [0.2, 0.25) is 0 Å². The second-order valence-electron chi connectivity index (χ2n) is 4.94. The Morgan fingerprint density at radius 3 is 2.59 bits per heavy atom. The van der Waals surface area contributed by atoms with Gasteiger partial charge in [-0.3, -0.25) is 9.97 Å². The van der Waals surface area contributed by atoms with Crippen LogP contribution in [-0.2, 0) is 6.42 Å². The lowest BCUT2D eigenvalue weighted by atomic mass is 10.1. The van der Waals surface area contributed by atoms with Crippen molar-refractivity contribution in [3.8, 4) is 17.0 Å². The molecule has 0 N–H and O–H groups in total. The van der Waals surface area contributed by atoms with Crippen LogP contribution in [0.3, 0.4) is 0 Å². The zero-order valence-corrected chi connectivity index (χ0v) is 12.2. The molecule has 22 heavy (non-hydrogen) atoms. The molecule has 0 aliphatic carbocycles. The highest BCUT2D eigenvalue weighted by molar-refractivity contribution is 5.59. The van der Waals surface area contributed by atoms with Crippen molar-refractivity contribution in [3.63, 3.8) is 0 Å². The number of hydrogen-bond acceptors (Lipinski definition) is 3. The highest BCUT2D eigenvalue weighted by Gasteiger charge is 2.06. The van der Waals surface area contributed by atoms with Gasteiger partial charge in [-0.2, -0.15) is 0 Å². The topological polar surface area (TPSA) is 35.0 Å². The molecule has 1 aromatic carbocycles. The summed E-state index contributed by atoms with van der Waals surface area (Å²) in [6, 6.07) is 12.4. The number of nitrogens with zero attached hydrogens (tertiary/aromatic N) is 2. The third kappa shape index (κ3) is 3.11. The van der Waals surface area contributed by atoms with Crippen LogP contribution in [0, 0.1) is 5.82 Å². The number of pyridine rings is 2. The van der Waals surface area contributed by atoms with Crippen molar-refractivity contribution >= 4 is 0 Å². The van der Waals surface area contributed by atoms with Crippen molar-refractivity contribution in [2.24, 2.45) is 0 Å². The van der Waals surface area contributed by atoms with Crippen molar-refractivity contribution < 1.29 is 9.13 Å². The van der Waals surface area contributed by atoms with Crippen LogP contribution in [0.1, 0.15) is 11.1 Å². The van der Waals surface area contributed by atoms with Crippen LogP contribution < -0.4 is 4.74 Å². The molecule has 0 spiro atoms. The Morgan fingerprint density at radius 1 is 1.00 bits per heavy atom. The molecule has 110 valence electrons. The zero-order chi connectivity index (χ0) is 15.4. The molecular formula is C18H15FN2O. The fraction of sp³-hybridized carbons (Fsp3) is 0.111. The van der Waals surface area contributed by atoms with Crippen LogP contribution in [0.4, 0.5) is 4.39 Å². The summed E-state index contributed by atoms with van der Waals surface area (Å²) in [7, 11) is 1.62. The van der Waals surface area contributed by atoms with Gasteiger partial charge < -0.3 is 4.74 Å². The van der Waals surface area contributed by atoms with Crippen LogP contribution in [-0.4, -0.2) is 17.1 Å². The lowest BCUT2D eigenvalue weighted by Gasteiger charge is -2.06. The summed E-state index contributed by atoms with van der Waals surface area (Å²) in [6.07, 6.45) is 5.94. The van der Waals surface area contributed by atoms with E-state index in [4.69, 9.17) is 4.74 Å². The number of rotatable bonds is 4. The number of halogens is 1. The molecule has 0 saturated carbocycles. The van der Waals surface area contributed by atoms with Gasteiger partial charge in [0.1, 0.15) is 11.6 Å². The van der Waals surface area contributed by atoms with Crippen molar-refractivity contribution in [3.05, 3.63) is 78.0 Å². The van der Waals surface area contributed by atoms with E-state index in [-0.39, 0.29) is 5.82 Å². The molecule has 0 saturated heterocycles. The third-order valence-corrected chi connectivity index (χ3v) is 3.39. The largest absolute Gasteiger partial charge is 0.495 e. The number of benzene rings is 1. The summed E-state index contributed by atoms with van der Waals surface area (Å²) in [5.41, 5.74) is 3.22. The summed E-state index contributed by atoms with van der Waals surface area (Å²) in [5.74, 6) is 0.466. The molecular weight excluding hydrogens is 279 g/mol. The molecule has 3 rings (SSSR count). The summed E-state index contributed by atoms with van der Waals surface area (Å²) < 4.78 is 18.9. The van der Waals surface area contributed by atoms with Gasteiger partial charge in [-0.1, -0.05) is 18.2 Å². The highest BCUT2D eigenvalue weighted by atomic mass is 19.1. The Kier molecular flexibility index (Phi) is 4.10. The van der Waals surface area contributed by atoms with Crippen molar-refractivity contribution in [2.75, 3.05) is 7.11 Å². The van der Waals surface area contributed by atoms with E-state index in [2.05, 4.69) is 9.97 Å². The zero-order valence-electron chi connectivity index (χ0n) is 12.2. The van der Waals surface area contributed by atoms with Gasteiger partial charge in [0.05, 0.1) is 19.0 Å². The van der Waals surface area contributed by atoms with Gasteiger partial charge >= 0.3 is 0 Å². The summed E-state index contributed by atoms with van der Waals surface area (Å²) in [4.78, 5) is 8.49. The van der Waals surface area contributed by atoms with E-state index >= 15 is 0 Å². The molecule has 0 unspecified atom stereocenters. The van der Waals surface area contributed by atoms with Crippen LogP contribution in [0.5, 0.6) is 5.75 Å². The van der Waals surface area contributed by atoms with E-state index < -0.39 is 0 Å². The molecule has 0 radical (unpaired) electrons. The molecule has 0 aliphatic heterocycles. The van der Waals surface area contributed by atoms with E-state index in [0.29, 0.717) is 17.7 Å². The minimum atomic E-state index is -0.264. The van der Waals surface area contributed by atoms with Crippen molar-refractivity contribution in [1.82, 2.24) is 9.97 Å². The fourth-order valence-corrected chi connectivity index (χ4v) is 2.27. The first-order valence-electron chi connectivity index (χ1n) is 6.94. The average Bonchev–Trinajstić information content (AvgIpc) is 2.56. The van der Waals surface area contributed by atoms with E-state index in [9.17, 15) is 4.39 Å². The molecule has 3 aromatic rings. The van der Waals surface area contributed by atoms with Crippen molar-refractivity contribution in [2.45, 2.75) is 6.42 Å². The third-order valence-electron chi connectivity index (χ3n) is 3.39. The van der Waals surface area contributed by atoms with Gasteiger partial charge in [0.15, 0.2) is 0 Å². The smallest absolute Gasteiger partial charge is 0.137 e. The molecule has 4 heteroatoms. The van der Waals surface area contributed by atoms with Crippen molar-refractivity contribution in [1.29, 1.82) is 0 Å².